The largest absolute Gasteiger partial charge is 0.422 e. The molecular formula is C24H30ClN3O2. The molecule has 0 saturated heterocycles. The van der Waals surface area contributed by atoms with Gasteiger partial charge in [0.1, 0.15) is 17.3 Å². The fraction of sp³-hybridized carbons (Fsp3) is 0.458. The number of nitrogens with zero attached hydrogens (tertiary/aromatic N) is 3. The molecule has 0 aliphatic rings. The van der Waals surface area contributed by atoms with Crippen molar-refractivity contribution in [2.24, 2.45) is 5.41 Å². The Bertz CT molecular complexity index is 1010. The lowest BCUT2D eigenvalue weighted by Crippen LogP contribution is -2.23. The highest BCUT2D eigenvalue weighted by molar-refractivity contribution is 6.33. The second kappa shape index (κ2) is 8.65. The number of ether oxygens (including phenoxy) is 1. The monoisotopic (exact) mass is 427 g/mol. The number of allylic oxidation sites excluding steroid dienone is 1. The third-order valence-corrected chi connectivity index (χ3v) is 5.21. The van der Waals surface area contributed by atoms with Crippen LogP contribution < -0.4 is 0 Å². The van der Waals surface area contributed by atoms with Gasteiger partial charge < -0.3 is 4.74 Å². The Hall–Kier alpha value is -2.58. The molecular weight excluding hydrogens is 398 g/mol. The summed E-state index contributed by atoms with van der Waals surface area (Å²) in [4.78, 5) is 12.8. The van der Waals surface area contributed by atoms with Crippen LogP contribution in [-0.2, 0) is 21.5 Å². The Labute approximate surface area is 184 Å². The molecule has 2 aromatic rings. The average molecular weight is 428 g/mol. The topological polar surface area (TPSA) is 67.9 Å². The number of hydrogen-bond donors (Lipinski definition) is 0. The molecule has 5 nitrogen and oxygen atoms in total. The van der Waals surface area contributed by atoms with Crippen molar-refractivity contribution in [1.29, 1.82) is 5.26 Å². The van der Waals surface area contributed by atoms with Crippen LogP contribution in [0.15, 0.2) is 24.3 Å². The lowest BCUT2D eigenvalue weighted by Gasteiger charge is -2.21. The second-order valence-electron chi connectivity index (χ2n) is 9.35. The molecule has 0 N–H and O–H groups in total. The zero-order valence-corrected chi connectivity index (χ0v) is 19.8. The average Bonchev–Trinajstić information content (AvgIpc) is 2.94. The highest BCUT2D eigenvalue weighted by atomic mass is 35.5. The molecule has 1 heterocycles. The minimum Gasteiger partial charge on any atom is -0.422 e. The Kier molecular flexibility index (Phi) is 6.83. The van der Waals surface area contributed by atoms with E-state index >= 15 is 0 Å². The van der Waals surface area contributed by atoms with E-state index in [9.17, 15) is 10.1 Å². The maximum Gasteiger partial charge on any atom is 0.316 e. The molecule has 0 atom stereocenters. The smallest absolute Gasteiger partial charge is 0.316 e. The van der Waals surface area contributed by atoms with Crippen molar-refractivity contribution in [1.82, 2.24) is 9.78 Å². The molecule has 0 unspecified atom stereocenters. The highest BCUT2D eigenvalue weighted by Gasteiger charge is 2.30. The molecule has 0 spiro atoms. The van der Waals surface area contributed by atoms with Gasteiger partial charge in [0.15, 0.2) is 5.76 Å². The first-order valence-electron chi connectivity index (χ1n) is 10.0. The van der Waals surface area contributed by atoms with Gasteiger partial charge in [0.25, 0.3) is 0 Å². The second-order valence-corrected chi connectivity index (χ2v) is 9.72. The van der Waals surface area contributed by atoms with E-state index < -0.39 is 11.4 Å². The third kappa shape index (κ3) is 4.94. The Morgan fingerprint density at radius 1 is 1.17 bits per heavy atom. The lowest BCUT2D eigenvalue weighted by molar-refractivity contribution is -0.145. The maximum absolute atomic E-state index is 12.8. The number of aromatic nitrogens is 2. The van der Waals surface area contributed by atoms with E-state index in [0.717, 1.165) is 5.56 Å². The van der Waals surface area contributed by atoms with Gasteiger partial charge in [0, 0.05) is 6.54 Å². The van der Waals surface area contributed by atoms with E-state index in [1.807, 2.05) is 31.2 Å². The lowest BCUT2D eigenvalue weighted by atomic mass is 9.86. The fourth-order valence-corrected chi connectivity index (χ4v) is 3.07. The van der Waals surface area contributed by atoms with E-state index in [-0.39, 0.29) is 16.7 Å². The van der Waals surface area contributed by atoms with Gasteiger partial charge in [-0.1, -0.05) is 56.6 Å². The van der Waals surface area contributed by atoms with Gasteiger partial charge in [-0.3, -0.25) is 9.48 Å². The summed E-state index contributed by atoms with van der Waals surface area (Å²) in [5.74, 6) is -0.317. The predicted octanol–water partition coefficient (Wildman–Crippen LogP) is 6.14. The molecule has 0 amide bonds. The Morgan fingerprint density at radius 2 is 1.73 bits per heavy atom. The Morgan fingerprint density at radius 3 is 2.17 bits per heavy atom. The molecule has 0 saturated carbocycles. The van der Waals surface area contributed by atoms with Crippen molar-refractivity contribution in [3.8, 4) is 6.07 Å². The number of carbonyl (C=O) groups is 1. The van der Waals surface area contributed by atoms with Crippen LogP contribution in [0.4, 0.5) is 0 Å². The first-order chi connectivity index (χ1) is 13.8. The van der Waals surface area contributed by atoms with Crippen LogP contribution in [0.25, 0.3) is 11.3 Å². The normalized spacial score (nSPS) is 12.9. The van der Waals surface area contributed by atoms with Crippen molar-refractivity contribution in [3.05, 3.63) is 51.8 Å². The summed E-state index contributed by atoms with van der Waals surface area (Å²) in [5.41, 5.74) is 2.32. The first kappa shape index (κ1) is 23.7. The summed E-state index contributed by atoms with van der Waals surface area (Å²) >= 11 is 6.54. The molecule has 1 aromatic carbocycles. The molecule has 0 radical (unpaired) electrons. The Balaban J connectivity index is 2.77. The van der Waals surface area contributed by atoms with Crippen LogP contribution in [0.5, 0.6) is 0 Å². The number of rotatable bonds is 4. The van der Waals surface area contributed by atoms with Gasteiger partial charge in [-0.15, -0.1) is 0 Å². The maximum atomic E-state index is 12.8. The van der Waals surface area contributed by atoms with Gasteiger partial charge in [-0.2, -0.15) is 10.4 Å². The zero-order valence-electron chi connectivity index (χ0n) is 19.1. The van der Waals surface area contributed by atoms with Crippen LogP contribution in [-0.4, -0.2) is 15.7 Å². The molecule has 160 valence electrons. The van der Waals surface area contributed by atoms with Crippen molar-refractivity contribution >= 4 is 28.9 Å². The van der Waals surface area contributed by atoms with E-state index in [1.54, 1.807) is 32.4 Å². The number of esters is 1. The van der Waals surface area contributed by atoms with Crippen LogP contribution in [0.2, 0.25) is 5.02 Å². The quantitative estimate of drug-likeness (QED) is 0.333. The van der Waals surface area contributed by atoms with Crippen LogP contribution in [0, 0.1) is 23.7 Å². The summed E-state index contributed by atoms with van der Waals surface area (Å²) in [6.07, 6.45) is 0. The van der Waals surface area contributed by atoms with E-state index in [4.69, 9.17) is 16.3 Å². The fourth-order valence-electron chi connectivity index (χ4n) is 2.85. The number of benzene rings is 1. The zero-order chi connectivity index (χ0) is 22.9. The van der Waals surface area contributed by atoms with E-state index in [0.29, 0.717) is 28.5 Å². The molecule has 0 fully saturated rings. The molecule has 1 aromatic heterocycles. The number of aryl methyl sites for hydroxylation is 2. The van der Waals surface area contributed by atoms with Gasteiger partial charge >= 0.3 is 5.97 Å². The van der Waals surface area contributed by atoms with E-state index in [1.165, 1.54) is 0 Å². The highest BCUT2D eigenvalue weighted by Crippen LogP contribution is 2.35. The SMILES string of the molecule is CCn1nc(C)c(Cl)c1/C(OC(=O)C(C)(C)C)=C(/C#N)c1ccc(C(C)(C)C)cc1. The molecule has 6 heteroatoms. The minimum atomic E-state index is -0.750. The number of carbonyl (C=O) groups excluding carboxylic acids is 1. The summed E-state index contributed by atoms with van der Waals surface area (Å²) in [6, 6.07) is 9.94. The van der Waals surface area contributed by atoms with E-state index in [2.05, 4.69) is 31.9 Å². The molecule has 0 aliphatic carbocycles. The van der Waals surface area contributed by atoms with Gasteiger partial charge in [-0.05, 0) is 51.2 Å². The number of nitriles is 1. The molecule has 0 bridgehead atoms. The molecule has 0 aliphatic heterocycles. The summed E-state index contributed by atoms with van der Waals surface area (Å²) in [7, 11) is 0. The number of hydrogen-bond acceptors (Lipinski definition) is 4. The predicted molar refractivity (Wildman–Crippen MR) is 121 cm³/mol. The van der Waals surface area contributed by atoms with Crippen LogP contribution in [0.1, 0.15) is 71.0 Å². The molecule has 2 rings (SSSR count). The standard InChI is InChI=1S/C24H30ClN3O2/c1-9-28-20(19(25)15(2)27-28)21(30-22(29)24(6,7)8)18(14-26)16-10-12-17(13-11-16)23(3,4)5/h10-13H,9H2,1-8H3/b21-18+. The molecule has 30 heavy (non-hydrogen) atoms. The summed E-state index contributed by atoms with van der Waals surface area (Å²) in [5, 5.41) is 14.8. The van der Waals surface area contributed by atoms with Crippen molar-refractivity contribution in [3.63, 3.8) is 0 Å². The van der Waals surface area contributed by atoms with Crippen molar-refractivity contribution < 1.29 is 9.53 Å². The minimum absolute atomic E-state index is 0.0160. The van der Waals surface area contributed by atoms with Gasteiger partial charge in [0.05, 0.1) is 16.1 Å². The third-order valence-electron chi connectivity index (χ3n) is 4.75. The van der Waals surface area contributed by atoms with Crippen molar-refractivity contribution in [2.45, 2.75) is 67.3 Å². The van der Waals surface area contributed by atoms with Crippen LogP contribution in [0.3, 0.4) is 0 Å². The summed E-state index contributed by atoms with van der Waals surface area (Å²) in [6.45, 7) is 15.9. The first-order valence-corrected chi connectivity index (χ1v) is 10.4. The van der Waals surface area contributed by atoms with Crippen molar-refractivity contribution in [2.75, 3.05) is 0 Å². The van der Waals surface area contributed by atoms with Gasteiger partial charge in [0.2, 0.25) is 0 Å². The van der Waals surface area contributed by atoms with Crippen LogP contribution >= 0.6 is 11.6 Å². The summed E-state index contributed by atoms with van der Waals surface area (Å²) < 4.78 is 7.47. The van der Waals surface area contributed by atoms with Gasteiger partial charge in [-0.25, -0.2) is 0 Å². The number of halogens is 1.